The lowest BCUT2D eigenvalue weighted by molar-refractivity contribution is 0.194. The van der Waals surface area contributed by atoms with Crippen LogP contribution in [0.1, 0.15) is 0 Å². The third-order valence-electron chi connectivity index (χ3n) is 0.471. The summed E-state index contributed by atoms with van der Waals surface area (Å²) in [6.45, 7) is 14.2. The zero-order valence-corrected chi connectivity index (χ0v) is 8.74. The smallest absolute Gasteiger partial charge is 0.373 e. The standard InChI is InChI=1S/C6H10O.C2H4.H2O4S/c1-3-5-7-6-4-2;1-2;1-5(2,3)4/h3-4H,1-2,5-6H2;1-2H2;(H2,1,2,3,4). The van der Waals surface area contributed by atoms with Gasteiger partial charge < -0.3 is 4.74 Å². The van der Waals surface area contributed by atoms with E-state index in [-0.39, 0.29) is 0 Å². The van der Waals surface area contributed by atoms with Crippen LogP contribution in [-0.4, -0.2) is 30.7 Å². The Morgan fingerprint density at radius 3 is 1.43 bits per heavy atom. The first kappa shape index (κ1) is 18.8. The molecule has 0 atom stereocenters. The van der Waals surface area contributed by atoms with Crippen LogP contribution in [0.2, 0.25) is 0 Å². The van der Waals surface area contributed by atoms with E-state index in [1.807, 2.05) is 0 Å². The zero-order chi connectivity index (χ0) is 12.0. The van der Waals surface area contributed by atoms with Crippen molar-refractivity contribution in [1.82, 2.24) is 0 Å². The van der Waals surface area contributed by atoms with Crippen molar-refractivity contribution in [2.45, 2.75) is 0 Å². The molecule has 2 N–H and O–H groups in total. The number of hydrogen-bond donors (Lipinski definition) is 2. The first-order valence-electron chi connectivity index (χ1n) is 3.41. The fourth-order valence-electron chi connectivity index (χ4n) is 0.235. The monoisotopic (exact) mass is 224 g/mol. The average Bonchev–Trinajstić information content (AvgIpc) is 2.06. The van der Waals surface area contributed by atoms with E-state index in [0.29, 0.717) is 13.2 Å². The normalized spacial score (nSPS) is 8.43. The van der Waals surface area contributed by atoms with Gasteiger partial charge in [0.25, 0.3) is 0 Å². The van der Waals surface area contributed by atoms with Gasteiger partial charge >= 0.3 is 10.4 Å². The Balaban J connectivity index is -0.000000152. The second-order valence-corrected chi connectivity index (χ2v) is 2.46. The topological polar surface area (TPSA) is 83.8 Å². The van der Waals surface area contributed by atoms with Crippen LogP contribution < -0.4 is 0 Å². The highest BCUT2D eigenvalue weighted by molar-refractivity contribution is 7.79. The van der Waals surface area contributed by atoms with Crippen LogP contribution in [0.15, 0.2) is 38.5 Å². The summed E-state index contributed by atoms with van der Waals surface area (Å²) >= 11 is 0. The maximum absolute atomic E-state index is 8.74. The summed E-state index contributed by atoms with van der Waals surface area (Å²) in [4.78, 5) is 0. The van der Waals surface area contributed by atoms with Gasteiger partial charge in [-0.05, 0) is 0 Å². The molecule has 0 saturated carbocycles. The maximum Gasteiger partial charge on any atom is 0.394 e. The molecule has 0 aliphatic rings. The molecular formula is C8H16O5S. The van der Waals surface area contributed by atoms with E-state index >= 15 is 0 Å². The van der Waals surface area contributed by atoms with Gasteiger partial charge in [0.15, 0.2) is 0 Å². The van der Waals surface area contributed by atoms with Crippen LogP contribution >= 0.6 is 0 Å². The summed E-state index contributed by atoms with van der Waals surface area (Å²) in [6.07, 6.45) is 3.42. The van der Waals surface area contributed by atoms with Crippen molar-refractivity contribution in [3.05, 3.63) is 38.5 Å². The number of ether oxygens (including phenoxy) is 1. The molecule has 0 amide bonds. The molecule has 0 fully saturated rings. The van der Waals surface area contributed by atoms with Crippen molar-refractivity contribution in [1.29, 1.82) is 0 Å². The quantitative estimate of drug-likeness (QED) is 0.429. The molecule has 0 aromatic rings. The fourth-order valence-corrected chi connectivity index (χ4v) is 0.235. The minimum Gasteiger partial charge on any atom is -0.373 e. The van der Waals surface area contributed by atoms with Gasteiger partial charge in [0.1, 0.15) is 0 Å². The zero-order valence-electron chi connectivity index (χ0n) is 7.92. The van der Waals surface area contributed by atoms with Crippen LogP contribution in [0.25, 0.3) is 0 Å². The molecule has 0 unspecified atom stereocenters. The molecule has 5 nitrogen and oxygen atoms in total. The van der Waals surface area contributed by atoms with E-state index in [2.05, 4.69) is 26.3 Å². The lowest BCUT2D eigenvalue weighted by Crippen LogP contribution is -1.89. The van der Waals surface area contributed by atoms with Gasteiger partial charge in [-0.15, -0.1) is 26.3 Å². The number of hydrogen-bond acceptors (Lipinski definition) is 3. The van der Waals surface area contributed by atoms with Crippen LogP contribution in [0.5, 0.6) is 0 Å². The van der Waals surface area contributed by atoms with Crippen molar-refractivity contribution in [3.63, 3.8) is 0 Å². The Morgan fingerprint density at radius 2 is 1.29 bits per heavy atom. The molecule has 14 heavy (non-hydrogen) atoms. The van der Waals surface area contributed by atoms with Crippen molar-refractivity contribution in [2.75, 3.05) is 13.2 Å². The second-order valence-electron chi connectivity index (χ2n) is 1.56. The predicted molar refractivity (Wildman–Crippen MR) is 56.6 cm³/mol. The van der Waals surface area contributed by atoms with E-state index in [1.165, 1.54) is 0 Å². The molecule has 0 rings (SSSR count). The Hall–Kier alpha value is -0.950. The number of rotatable bonds is 4. The van der Waals surface area contributed by atoms with Crippen LogP contribution in [0.4, 0.5) is 0 Å². The molecule has 0 spiro atoms. The van der Waals surface area contributed by atoms with E-state index in [9.17, 15) is 0 Å². The Morgan fingerprint density at radius 1 is 1.07 bits per heavy atom. The lowest BCUT2D eigenvalue weighted by atomic mass is 10.6. The largest absolute Gasteiger partial charge is 0.394 e. The van der Waals surface area contributed by atoms with Gasteiger partial charge in [-0.1, -0.05) is 12.2 Å². The van der Waals surface area contributed by atoms with E-state index in [4.69, 9.17) is 22.3 Å². The van der Waals surface area contributed by atoms with E-state index in [0.717, 1.165) is 0 Å². The second kappa shape index (κ2) is 14.6. The molecule has 0 aromatic carbocycles. The first-order valence-corrected chi connectivity index (χ1v) is 4.81. The summed E-state index contributed by atoms with van der Waals surface area (Å²) in [5, 5.41) is 0. The summed E-state index contributed by atoms with van der Waals surface area (Å²) in [7, 11) is -4.67. The fraction of sp³-hybridized carbons (Fsp3) is 0.250. The van der Waals surface area contributed by atoms with Gasteiger partial charge in [-0.2, -0.15) is 8.42 Å². The lowest BCUT2D eigenvalue weighted by Gasteiger charge is -1.89. The van der Waals surface area contributed by atoms with E-state index < -0.39 is 10.4 Å². The summed E-state index contributed by atoms with van der Waals surface area (Å²) in [6, 6.07) is 0. The SMILES string of the molecule is C=C.C=CCOCC=C.O=S(=O)(O)O. The van der Waals surface area contributed by atoms with Crippen LogP contribution in [0, 0.1) is 0 Å². The minimum atomic E-state index is -4.67. The predicted octanol–water partition coefficient (Wildman–Crippen LogP) is 1.52. The van der Waals surface area contributed by atoms with Crippen molar-refractivity contribution in [2.24, 2.45) is 0 Å². The summed E-state index contributed by atoms with van der Waals surface area (Å²) in [5.41, 5.74) is 0. The highest BCUT2D eigenvalue weighted by Crippen LogP contribution is 1.72. The van der Waals surface area contributed by atoms with Crippen LogP contribution in [0.3, 0.4) is 0 Å². The third-order valence-corrected chi connectivity index (χ3v) is 0.471. The molecule has 6 heteroatoms. The molecule has 0 saturated heterocycles. The molecular weight excluding hydrogens is 208 g/mol. The molecule has 0 bridgehead atoms. The van der Waals surface area contributed by atoms with Gasteiger partial charge in [0.05, 0.1) is 13.2 Å². The van der Waals surface area contributed by atoms with Crippen molar-refractivity contribution in [3.8, 4) is 0 Å². The van der Waals surface area contributed by atoms with E-state index in [1.54, 1.807) is 12.2 Å². The summed E-state index contributed by atoms with van der Waals surface area (Å²) in [5.74, 6) is 0. The molecule has 0 aliphatic carbocycles. The molecule has 84 valence electrons. The maximum atomic E-state index is 8.74. The van der Waals surface area contributed by atoms with Crippen molar-refractivity contribution >= 4 is 10.4 Å². The molecule has 0 radical (unpaired) electrons. The first-order chi connectivity index (χ1) is 6.41. The Labute approximate surface area is 85.0 Å². The minimum absolute atomic E-state index is 0.617. The Kier molecular flexibility index (Phi) is 19.5. The molecule has 0 aromatic heterocycles. The highest BCUT2D eigenvalue weighted by atomic mass is 32.3. The van der Waals surface area contributed by atoms with Crippen LogP contribution in [-0.2, 0) is 15.1 Å². The Bertz CT molecular complexity index is 204. The molecule has 0 heterocycles. The highest BCUT2D eigenvalue weighted by Gasteiger charge is 1.84. The summed E-state index contributed by atoms with van der Waals surface area (Å²) < 4.78 is 36.5. The van der Waals surface area contributed by atoms with Gasteiger partial charge in [-0.3, -0.25) is 9.11 Å². The van der Waals surface area contributed by atoms with Crippen molar-refractivity contribution < 1.29 is 22.3 Å². The van der Waals surface area contributed by atoms with Gasteiger partial charge in [0.2, 0.25) is 0 Å². The third kappa shape index (κ3) is 120. The molecule has 0 aliphatic heterocycles. The van der Waals surface area contributed by atoms with Gasteiger partial charge in [-0.25, -0.2) is 0 Å². The average molecular weight is 224 g/mol. The van der Waals surface area contributed by atoms with Gasteiger partial charge in [0, 0.05) is 0 Å².